The van der Waals surface area contributed by atoms with Gasteiger partial charge in [-0.1, -0.05) is 0 Å². The zero-order valence-corrected chi connectivity index (χ0v) is 12.1. The highest BCUT2D eigenvalue weighted by Crippen LogP contribution is 2.20. The van der Waals surface area contributed by atoms with Crippen LogP contribution in [0.25, 0.3) is 0 Å². The van der Waals surface area contributed by atoms with E-state index in [0.717, 1.165) is 38.9 Å². The summed E-state index contributed by atoms with van der Waals surface area (Å²) in [6.45, 7) is 5.14. The first-order chi connectivity index (χ1) is 8.37. The number of Topliss-reactive ketones (excluding diaryl/α,β-unsaturated/α-hetero) is 1. The molecule has 0 bridgehead atoms. The van der Waals surface area contributed by atoms with Gasteiger partial charge >= 0.3 is 0 Å². The molecule has 0 aromatic carbocycles. The Hall–Kier alpha value is -0.460. The molecule has 0 aliphatic carbocycles. The van der Waals surface area contributed by atoms with Crippen molar-refractivity contribution in [1.82, 2.24) is 9.62 Å². The van der Waals surface area contributed by atoms with Crippen molar-refractivity contribution in [3.8, 4) is 0 Å². The Morgan fingerprint density at radius 3 is 2.44 bits per heavy atom. The molecular weight excluding hydrogens is 252 g/mol. The average molecular weight is 276 g/mol. The molecule has 0 radical (unpaired) electrons. The summed E-state index contributed by atoms with van der Waals surface area (Å²) in [5.41, 5.74) is 0. The zero-order valence-electron chi connectivity index (χ0n) is 11.3. The van der Waals surface area contributed by atoms with Crippen LogP contribution in [0.4, 0.5) is 0 Å². The Balaban J connectivity index is 2.10. The number of sulfonamides is 1. The fourth-order valence-electron chi connectivity index (χ4n) is 2.38. The van der Waals surface area contributed by atoms with Crippen LogP contribution >= 0.6 is 0 Å². The van der Waals surface area contributed by atoms with E-state index in [2.05, 4.69) is 9.62 Å². The summed E-state index contributed by atoms with van der Waals surface area (Å²) in [7, 11) is -3.06. The quantitative estimate of drug-likeness (QED) is 0.692. The van der Waals surface area contributed by atoms with E-state index in [1.165, 1.54) is 6.26 Å². The Kier molecular flexibility index (Phi) is 6.25. The van der Waals surface area contributed by atoms with Gasteiger partial charge in [0.1, 0.15) is 5.78 Å². The van der Waals surface area contributed by atoms with Crippen LogP contribution in [0.1, 0.15) is 32.6 Å². The van der Waals surface area contributed by atoms with Gasteiger partial charge in [0.2, 0.25) is 10.0 Å². The van der Waals surface area contributed by atoms with E-state index in [1.54, 1.807) is 6.92 Å². The molecule has 1 aliphatic heterocycles. The molecule has 1 saturated heterocycles. The highest BCUT2D eigenvalue weighted by atomic mass is 32.2. The summed E-state index contributed by atoms with van der Waals surface area (Å²) in [6, 6.07) is 0. The molecule has 0 aromatic heterocycles. The van der Waals surface area contributed by atoms with E-state index in [9.17, 15) is 13.2 Å². The minimum absolute atomic E-state index is 0.283. The van der Waals surface area contributed by atoms with Crippen molar-refractivity contribution >= 4 is 15.8 Å². The van der Waals surface area contributed by atoms with Crippen molar-refractivity contribution in [1.29, 1.82) is 0 Å². The summed E-state index contributed by atoms with van der Waals surface area (Å²) < 4.78 is 24.2. The van der Waals surface area contributed by atoms with Crippen LogP contribution in [0, 0.1) is 5.92 Å². The number of carbonyl (C=O) groups is 1. The Labute approximate surface area is 110 Å². The number of likely N-dealkylation sites (tertiary alicyclic amines) is 1. The Bertz CT molecular complexity index is 360. The lowest BCUT2D eigenvalue weighted by molar-refractivity contribution is -0.118. The lowest BCUT2D eigenvalue weighted by atomic mass is 9.92. The third kappa shape index (κ3) is 7.08. The van der Waals surface area contributed by atoms with E-state index in [0.29, 0.717) is 18.9 Å². The van der Waals surface area contributed by atoms with Gasteiger partial charge in [0.15, 0.2) is 0 Å². The smallest absolute Gasteiger partial charge is 0.208 e. The molecule has 1 rings (SSSR count). The van der Waals surface area contributed by atoms with Crippen LogP contribution < -0.4 is 4.72 Å². The first kappa shape index (κ1) is 15.6. The van der Waals surface area contributed by atoms with Gasteiger partial charge in [0.25, 0.3) is 0 Å². The van der Waals surface area contributed by atoms with Crippen LogP contribution in [0.5, 0.6) is 0 Å². The molecule has 0 atom stereocenters. The van der Waals surface area contributed by atoms with Crippen molar-refractivity contribution in [2.45, 2.75) is 32.6 Å². The normalized spacial score (nSPS) is 19.0. The van der Waals surface area contributed by atoms with Crippen molar-refractivity contribution < 1.29 is 13.2 Å². The van der Waals surface area contributed by atoms with Gasteiger partial charge in [-0.2, -0.15) is 0 Å². The standard InChI is InChI=1S/C12H24N2O3S/c1-11(15)10-12-4-8-14(9-5-12)7-3-6-13-18(2,16)17/h12-13H,3-10H2,1-2H3. The predicted octanol–water partition coefficient (Wildman–Crippen LogP) is 0.617. The monoisotopic (exact) mass is 276 g/mol. The fraction of sp³-hybridized carbons (Fsp3) is 0.917. The van der Waals surface area contributed by atoms with E-state index >= 15 is 0 Å². The SMILES string of the molecule is CC(=O)CC1CCN(CCCNS(C)(=O)=O)CC1. The van der Waals surface area contributed by atoms with Crippen molar-refractivity contribution in [2.75, 3.05) is 32.4 Å². The second kappa shape index (κ2) is 7.21. The largest absolute Gasteiger partial charge is 0.303 e. The second-order valence-electron chi connectivity index (χ2n) is 5.21. The zero-order chi connectivity index (χ0) is 13.6. The molecule has 0 amide bonds. The first-order valence-electron chi connectivity index (χ1n) is 6.53. The van der Waals surface area contributed by atoms with Gasteiger partial charge in [-0.15, -0.1) is 0 Å². The van der Waals surface area contributed by atoms with E-state index in [4.69, 9.17) is 0 Å². The number of carbonyl (C=O) groups excluding carboxylic acids is 1. The molecule has 0 unspecified atom stereocenters. The number of ketones is 1. The molecule has 1 aliphatic rings. The van der Waals surface area contributed by atoms with Crippen molar-refractivity contribution in [3.63, 3.8) is 0 Å². The highest BCUT2D eigenvalue weighted by Gasteiger charge is 2.19. The minimum atomic E-state index is -3.06. The van der Waals surface area contributed by atoms with Gasteiger partial charge in [-0.25, -0.2) is 13.1 Å². The Morgan fingerprint density at radius 1 is 1.33 bits per heavy atom. The molecule has 5 nitrogen and oxygen atoms in total. The molecule has 6 heteroatoms. The van der Waals surface area contributed by atoms with Gasteiger partial charge < -0.3 is 9.69 Å². The minimum Gasteiger partial charge on any atom is -0.303 e. The topological polar surface area (TPSA) is 66.5 Å². The maximum Gasteiger partial charge on any atom is 0.208 e. The van der Waals surface area contributed by atoms with Gasteiger partial charge in [-0.05, 0) is 51.7 Å². The van der Waals surface area contributed by atoms with Gasteiger partial charge in [0, 0.05) is 13.0 Å². The summed E-state index contributed by atoms with van der Waals surface area (Å²) >= 11 is 0. The van der Waals surface area contributed by atoms with E-state index in [-0.39, 0.29) is 5.78 Å². The van der Waals surface area contributed by atoms with Crippen LogP contribution in [-0.4, -0.2) is 51.5 Å². The molecule has 0 saturated carbocycles. The molecule has 0 spiro atoms. The first-order valence-corrected chi connectivity index (χ1v) is 8.42. The Morgan fingerprint density at radius 2 is 1.94 bits per heavy atom. The van der Waals surface area contributed by atoms with Crippen molar-refractivity contribution in [3.05, 3.63) is 0 Å². The van der Waals surface area contributed by atoms with Gasteiger partial charge in [0.05, 0.1) is 6.26 Å². The number of nitrogens with one attached hydrogen (secondary N) is 1. The highest BCUT2D eigenvalue weighted by molar-refractivity contribution is 7.88. The van der Waals surface area contributed by atoms with Crippen LogP contribution in [0.2, 0.25) is 0 Å². The van der Waals surface area contributed by atoms with Crippen LogP contribution in [-0.2, 0) is 14.8 Å². The van der Waals surface area contributed by atoms with Gasteiger partial charge in [-0.3, -0.25) is 0 Å². The molecule has 18 heavy (non-hydrogen) atoms. The van der Waals surface area contributed by atoms with E-state index in [1.807, 2.05) is 0 Å². The molecular formula is C12H24N2O3S. The number of nitrogens with zero attached hydrogens (tertiary/aromatic N) is 1. The lowest BCUT2D eigenvalue weighted by Crippen LogP contribution is -2.36. The van der Waals surface area contributed by atoms with Crippen molar-refractivity contribution in [2.24, 2.45) is 5.92 Å². The van der Waals surface area contributed by atoms with Crippen LogP contribution in [0.3, 0.4) is 0 Å². The fourth-order valence-corrected chi connectivity index (χ4v) is 2.90. The number of hydrogen-bond donors (Lipinski definition) is 1. The molecule has 0 aromatic rings. The number of piperidine rings is 1. The van der Waals surface area contributed by atoms with E-state index < -0.39 is 10.0 Å². The maximum atomic E-state index is 11.0. The number of rotatable bonds is 7. The predicted molar refractivity (Wildman–Crippen MR) is 71.9 cm³/mol. The third-order valence-corrected chi connectivity index (χ3v) is 4.03. The molecule has 106 valence electrons. The summed E-state index contributed by atoms with van der Waals surface area (Å²) in [5, 5.41) is 0. The summed E-state index contributed by atoms with van der Waals surface area (Å²) in [5.74, 6) is 0.832. The molecule has 1 fully saturated rings. The van der Waals surface area contributed by atoms with Crippen LogP contribution in [0.15, 0.2) is 0 Å². The number of hydrogen-bond acceptors (Lipinski definition) is 4. The summed E-state index contributed by atoms with van der Waals surface area (Å²) in [4.78, 5) is 13.4. The summed E-state index contributed by atoms with van der Waals surface area (Å²) in [6.07, 6.45) is 4.90. The average Bonchev–Trinajstić information content (AvgIpc) is 2.24. The maximum absolute atomic E-state index is 11.0. The molecule has 1 heterocycles. The third-order valence-electron chi connectivity index (χ3n) is 3.30. The lowest BCUT2D eigenvalue weighted by Gasteiger charge is -2.31. The molecule has 1 N–H and O–H groups in total. The second-order valence-corrected chi connectivity index (χ2v) is 7.04.